The summed E-state index contributed by atoms with van der Waals surface area (Å²) in [6.45, 7) is 4.16. The molecule has 0 bridgehead atoms. The quantitative estimate of drug-likeness (QED) is 0.760. The van der Waals surface area contributed by atoms with Crippen LogP contribution in [0, 0.1) is 0 Å². The van der Waals surface area contributed by atoms with E-state index in [9.17, 15) is 9.90 Å². The number of phenolic OH excluding ortho intramolecular Hbond substituents is 1. The lowest BCUT2D eigenvalue weighted by Crippen LogP contribution is -2.04. The van der Waals surface area contributed by atoms with Gasteiger partial charge in [0.2, 0.25) is 0 Å². The van der Waals surface area contributed by atoms with Gasteiger partial charge < -0.3 is 5.11 Å². The molecular formula is C17H16Cl2O2. The maximum absolute atomic E-state index is 12.6. The van der Waals surface area contributed by atoms with Crippen molar-refractivity contribution in [3.05, 3.63) is 63.1 Å². The van der Waals surface area contributed by atoms with E-state index in [1.807, 2.05) is 6.07 Å². The van der Waals surface area contributed by atoms with Crippen molar-refractivity contribution in [1.82, 2.24) is 0 Å². The molecule has 0 aromatic heterocycles. The Hall–Kier alpha value is -1.51. The molecule has 0 aliphatic carbocycles. The highest BCUT2D eigenvalue weighted by Gasteiger charge is 2.18. The third kappa shape index (κ3) is 3.39. The fraction of sp³-hybridized carbons (Fsp3) is 0.235. The summed E-state index contributed by atoms with van der Waals surface area (Å²) >= 11 is 11.9. The van der Waals surface area contributed by atoms with Crippen LogP contribution in [0.3, 0.4) is 0 Å². The lowest BCUT2D eigenvalue weighted by atomic mass is 9.93. The van der Waals surface area contributed by atoms with Crippen molar-refractivity contribution in [2.75, 3.05) is 0 Å². The molecule has 1 unspecified atom stereocenters. The maximum Gasteiger partial charge on any atom is 0.198 e. The minimum absolute atomic E-state index is 0.0435. The smallest absolute Gasteiger partial charge is 0.198 e. The predicted molar refractivity (Wildman–Crippen MR) is 86.7 cm³/mol. The summed E-state index contributed by atoms with van der Waals surface area (Å²) < 4.78 is 0. The second-order valence-electron chi connectivity index (χ2n) is 5.04. The highest BCUT2D eigenvalue weighted by molar-refractivity contribution is 6.37. The van der Waals surface area contributed by atoms with Crippen molar-refractivity contribution in [2.24, 2.45) is 0 Å². The van der Waals surface area contributed by atoms with Gasteiger partial charge in [-0.2, -0.15) is 0 Å². The summed E-state index contributed by atoms with van der Waals surface area (Å²) in [6, 6.07) is 9.82. The maximum atomic E-state index is 12.6. The Kier molecular flexibility index (Phi) is 4.92. The summed E-state index contributed by atoms with van der Waals surface area (Å²) in [5.41, 5.74) is 1.61. The summed E-state index contributed by atoms with van der Waals surface area (Å²) in [4.78, 5) is 12.6. The van der Waals surface area contributed by atoms with E-state index in [0.29, 0.717) is 16.5 Å². The molecule has 1 atom stereocenters. The van der Waals surface area contributed by atoms with Gasteiger partial charge in [0, 0.05) is 10.6 Å². The molecule has 0 spiro atoms. The van der Waals surface area contributed by atoms with E-state index in [2.05, 4.69) is 13.8 Å². The van der Waals surface area contributed by atoms with E-state index in [0.717, 1.165) is 12.0 Å². The van der Waals surface area contributed by atoms with Crippen molar-refractivity contribution >= 4 is 29.0 Å². The summed E-state index contributed by atoms with van der Waals surface area (Å²) in [6.07, 6.45) is 0.958. The molecule has 0 radical (unpaired) electrons. The summed E-state index contributed by atoms with van der Waals surface area (Å²) in [5, 5.41) is 10.7. The first kappa shape index (κ1) is 15.9. The number of aromatic hydroxyl groups is 1. The van der Waals surface area contributed by atoms with Crippen LogP contribution >= 0.6 is 23.2 Å². The molecular weight excluding hydrogens is 307 g/mol. The number of carbonyl (C=O) groups excluding carboxylic acids is 1. The number of halogens is 2. The van der Waals surface area contributed by atoms with Gasteiger partial charge in [-0.05, 0) is 48.2 Å². The molecule has 0 aliphatic heterocycles. The Labute approximate surface area is 134 Å². The van der Waals surface area contributed by atoms with Gasteiger partial charge in [0.05, 0.1) is 10.6 Å². The second kappa shape index (κ2) is 6.50. The van der Waals surface area contributed by atoms with Gasteiger partial charge in [-0.15, -0.1) is 0 Å². The van der Waals surface area contributed by atoms with E-state index in [1.165, 1.54) is 6.07 Å². The molecule has 2 rings (SSSR count). The van der Waals surface area contributed by atoms with Crippen LogP contribution in [0.2, 0.25) is 10.0 Å². The Bertz CT molecular complexity index is 680. The fourth-order valence-electron chi connectivity index (χ4n) is 2.10. The molecule has 1 N–H and O–H groups in total. The van der Waals surface area contributed by atoms with Gasteiger partial charge in [0.1, 0.15) is 5.75 Å². The average molecular weight is 323 g/mol. The predicted octanol–water partition coefficient (Wildman–Crippen LogP) is 5.44. The van der Waals surface area contributed by atoms with Gasteiger partial charge in [-0.25, -0.2) is 0 Å². The number of hydrogen-bond donors (Lipinski definition) is 1. The van der Waals surface area contributed by atoms with Crippen LogP contribution in [0.1, 0.15) is 47.7 Å². The van der Waals surface area contributed by atoms with E-state index >= 15 is 0 Å². The van der Waals surface area contributed by atoms with Crippen molar-refractivity contribution in [3.8, 4) is 5.75 Å². The van der Waals surface area contributed by atoms with Crippen LogP contribution in [0.5, 0.6) is 5.75 Å². The second-order valence-corrected chi connectivity index (χ2v) is 5.88. The molecule has 0 saturated carbocycles. The lowest BCUT2D eigenvalue weighted by molar-refractivity contribution is 0.103. The van der Waals surface area contributed by atoms with Gasteiger partial charge >= 0.3 is 0 Å². The molecule has 4 heteroatoms. The van der Waals surface area contributed by atoms with E-state index in [4.69, 9.17) is 23.2 Å². The standard InChI is InChI=1S/C17H16Cl2O2/c1-3-10(2)11-4-7-16(20)14(8-11)17(21)13-6-5-12(18)9-15(13)19/h4-10,20H,3H2,1-2H3. The molecule has 110 valence electrons. The average Bonchev–Trinajstić information content (AvgIpc) is 2.46. The summed E-state index contributed by atoms with van der Waals surface area (Å²) in [7, 11) is 0. The van der Waals surface area contributed by atoms with E-state index in [1.54, 1.807) is 24.3 Å². The zero-order valence-corrected chi connectivity index (χ0v) is 13.4. The van der Waals surface area contributed by atoms with Crippen molar-refractivity contribution in [1.29, 1.82) is 0 Å². The minimum Gasteiger partial charge on any atom is -0.507 e. The SMILES string of the molecule is CCC(C)c1ccc(O)c(C(=O)c2ccc(Cl)cc2Cl)c1. The first-order valence-corrected chi connectivity index (χ1v) is 7.52. The number of hydrogen-bond acceptors (Lipinski definition) is 2. The highest BCUT2D eigenvalue weighted by Crippen LogP contribution is 2.29. The van der Waals surface area contributed by atoms with Gasteiger partial charge in [-0.3, -0.25) is 4.79 Å². The van der Waals surface area contributed by atoms with Crippen LogP contribution in [0.4, 0.5) is 0 Å². The monoisotopic (exact) mass is 322 g/mol. The molecule has 0 amide bonds. The summed E-state index contributed by atoms with van der Waals surface area (Å²) in [5.74, 6) is -0.0322. The zero-order valence-electron chi connectivity index (χ0n) is 11.9. The lowest BCUT2D eigenvalue weighted by Gasteiger charge is -2.12. The molecule has 2 aromatic rings. The zero-order chi connectivity index (χ0) is 15.6. The van der Waals surface area contributed by atoms with Crippen LogP contribution in [0.25, 0.3) is 0 Å². The Morgan fingerprint density at radius 1 is 1.14 bits per heavy atom. The highest BCUT2D eigenvalue weighted by atomic mass is 35.5. The number of phenols is 1. The molecule has 2 aromatic carbocycles. The van der Waals surface area contributed by atoms with Crippen LogP contribution in [0.15, 0.2) is 36.4 Å². The van der Waals surface area contributed by atoms with Crippen molar-refractivity contribution < 1.29 is 9.90 Å². The Morgan fingerprint density at radius 3 is 2.48 bits per heavy atom. The molecule has 2 nitrogen and oxygen atoms in total. The number of carbonyl (C=O) groups is 1. The van der Waals surface area contributed by atoms with E-state index < -0.39 is 0 Å². The van der Waals surface area contributed by atoms with Crippen molar-refractivity contribution in [2.45, 2.75) is 26.2 Å². The fourth-order valence-corrected chi connectivity index (χ4v) is 2.59. The van der Waals surface area contributed by atoms with Crippen LogP contribution in [-0.4, -0.2) is 10.9 Å². The number of rotatable bonds is 4. The van der Waals surface area contributed by atoms with Crippen LogP contribution in [-0.2, 0) is 0 Å². The molecule has 21 heavy (non-hydrogen) atoms. The first-order chi connectivity index (χ1) is 9.93. The third-order valence-electron chi connectivity index (χ3n) is 3.62. The minimum atomic E-state index is -0.306. The van der Waals surface area contributed by atoms with Gasteiger partial charge in [0.25, 0.3) is 0 Å². The molecule has 0 aliphatic rings. The first-order valence-electron chi connectivity index (χ1n) is 6.76. The molecule has 0 saturated heterocycles. The van der Waals surface area contributed by atoms with Crippen molar-refractivity contribution in [3.63, 3.8) is 0 Å². The van der Waals surface area contributed by atoms with E-state index in [-0.39, 0.29) is 22.1 Å². The Balaban J connectivity index is 2.47. The van der Waals surface area contributed by atoms with Gasteiger partial charge in [0.15, 0.2) is 5.78 Å². The number of ketones is 1. The molecule has 0 heterocycles. The normalized spacial score (nSPS) is 12.2. The topological polar surface area (TPSA) is 37.3 Å². The number of benzene rings is 2. The van der Waals surface area contributed by atoms with Gasteiger partial charge in [-0.1, -0.05) is 43.1 Å². The van der Waals surface area contributed by atoms with Crippen LogP contribution < -0.4 is 0 Å². The molecule has 0 fully saturated rings. The third-order valence-corrected chi connectivity index (χ3v) is 4.17. The largest absolute Gasteiger partial charge is 0.507 e. The Morgan fingerprint density at radius 2 is 1.86 bits per heavy atom.